The molecule has 0 spiro atoms. The highest BCUT2D eigenvalue weighted by Gasteiger charge is 2.30. The fourth-order valence-electron chi connectivity index (χ4n) is 11.9. The van der Waals surface area contributed by atoms with Gasteiger partial charge in [-0.2, -0.15) is 0 Å². The van der Waals surface area contributed by atoms with Crippen molar-refractivity contribution >= 4 is 125 Å². The molecule has 0 N–H and O–H groups in total. The second kappa shape index (κ2) is 14.5. The Morgan fingerprint density at radius 3 is 1.19 bits per heavy atom. The van der Waals surface area contributed by atoms with E-state index >= 15 is 0 Å². The summed E-state index contributed by atoms with van der Waals surface area (Å²) in [4.78, 5) is 9.64. The molecule has 5 heteroatoms. The molecule has 14 aromatic carbocycles. The molecule has 0 saturated carbocycles. The summed E-state index contributed by atoms with van der Waals surface area (Å²) >= 11 is 0. The van der Waals surface area contributed by atoms with Crippen LogP contribution in [0.25, 0.3) is 129 Å². The van der Waals surface area contributed by atoms with Crippen molar-refractivity contribution in [1.29, 1.82) is 0 Å². The van der Waals surface area contributed by atoms with Crippen LogP contribution in [0.15, 0.2) is 188 Å². The summed E-state index contributed by atoms with van der Waals surface area (Å²) in [6.45, 7) is 15.4. The Morgan fingerprint density at radius 2 is 0.710 bits per heavy atom. The third-order valence-corrected chi connectivity index (χ3v) is 14.7. The van der Waals surface area contributed by atoms with Gasteiger partial charge in [0, 0.05) is 16.8 Å². The minimum Gasteiger partial charge on any atom is -0.497 e. The van der Waals surface area contributed by atoms with Gasteiger partial charge in [-0.3, -0.25) is 0 Å². The Bertz CT molecular complexity index is 4250. The Labute approximate surface area is 396 Å². The molecular formula is C64H37N3O2. The van der Waals surface area contributed by atoms with Crippen LogP contribution in [0.4, 0.5) is 28.4 Å². The van der Waals surface area contributed by atoms with Gasteiger partial charge < -0.3 is 14.4 Å². The van der Waals surface area contributed by atoms with Crippen molar-refractivity contribution in [3.05, 3.63) is 211 Å². The van der Waals surface area contributed by atoms with Crippen LogP contribution in [0.3, 0.4) is 0 Å². The lowest BCUT2D eigenvalue weighted by atomic mass is 9.87. The van der Waals surface area contributed by atoms with Gasteiger partial charge in [0.15, 0.2) is 11.4 Å². The van der Waals surface area contributed by atoms with Crippen molar-refractivity contribution in [2.24, 2.45) is 0 Å². The number of ether oxygens (including phenoxy) is 2. The SMILES string of the molecule is [C-]#[N+]c1ccc(N(c2ccc([N+]#[C-])cc2)c2ccc3c4c(-c5ccc(OC)cc5)c5c6ccc7c8cccc9cccc(c%10ccc(c5c(-c5ccc(OC)cc5)c4c4cccc2c43)c6c%107)c98)cc1. The first-order chi connectivity index (χ1) is 34.1. The minimum atomic E-state index is 0.576. The molecule has 320 valence electrons. The van der Waals surface area contributed by atoms with Crippen LogP contribution in [-0.4, -0.2) is 14.2 Å². The van der Waals surface area contributed by atoms with Gasteiger partial charge in [-0.1, -0.05) is 133 Å². The summed E-state index contributed by atoms with van der Waals surface area (Å²) in [6.07, 6.45) is 0. The highest BCUT2D eigenvalue weighted by molar-refractivity contribution is 6.49. The van der Waals surface area contributed by atoms with E-state index in [1.807, 2.05) is 48.5 Å². The monoisotopic (exact) mass is 879 g/mol. The average molecular weight is 880 g/mol. The fourth-order valence-corrected chi connectivity index (χ4v) is 11.9. The minimum absolute atomic E-state index is 0.576. The van der Waals surface area contributed by atoms with Crippen molar-refractivity contribution < 1.29 is 9.47 Å². The Balaban J connectivity index is 1.19. The molecule has 0 aliphatic heterocycles. The predicted molar refractivity (Wildman–Crippen MR) is 289 cm³/mol. The number of nitrogens with zero attached hydrogens (tertiary/aromatic N) is 3. The Hall–Kier alpha value is -9.42. The van der Waals surface area contributed by atoms with Crippen LogP contribution in [0.1, 0.15) is 0 Å². The molecule has 0 aromatic heterocycles. The van der Waals surface area contributed by atoms with Crippen molar-refractivity contribution in [2.45, 2.75) is 0 Å². The first-order valence-electron chi connectivity index (χ1n) is 23.0. The fraction of sp³-hybridized carbons (Fsp3) is 0.0312. The number of fused-ring (bicyclic) bond motifs is 8. The van der Waals surface area contributed by atoms with E-state index in [-0.39, 0.29) is 0 Å². The summed E-state index contributed by atoms with van der Waals surface area (Å²) in [5, 5.41) is 22.2. The highest BCUT2D eigenvalue weighted by Crippen LogP contribution is 2.58. The molecule has 0 aliphatic carbocycles. The van der Waals surface area contributed by atoms with Gasteiger partial charge in [0.1, 0.15) is 11.5 Å². The zero-order valence-corrected chi connectivity index (χ0v) is 37.6. The third-order valence-electron chi connectivity index (χ3n) is 14.7. The molecule has 0 fully saturated rings. The van der Waals surface area contributed by atoms with Gasteiger partial charge in [0.25, 0.3) is 0 Å². The molecule has 0 amide bonds. The quantitative estimate of drug-likeness (QED) is 0.0908. The lowest BCUT2D eigenvalue weighted by Gasteiger charge is -2.27. The van der Waals surface area contributed by atoms with Crippen LogP contribution in [0, 0.1) is 13.1 Å². The van der Waals surface area contributed by atoms with Gasteiger partial charge in [0.2, 0.25) is 0 Å². The lowest BCUT2D eigenvalue weighted by Crippen LogP contribution is -2.10. The van der Waals surface area contributed by atoms with E-state index in [2.05, 4.69) is 154 Å². The summed E-state index contributed by atoms with van der Waals surface area (Å²) in [7, 11) is 3.44. The van der Waals surface area contributed by atoms with E-state index in [0.717, 1.165) is 45.1 Å². The average Bonchev–Trinajstić information content (AvgIpc) is 3.93. The summed E-state index contributed by atoms with van der Waals surface area (Å²) < 4.78 is 11.5. The van der Waals surface area contributed by atoms with E-state index in [4.69, 9.17) is 22.6 Å². The third kappa shape index (κ3) is 5.33. The second-order valence-corrected chi connectivity index (χ2v) is 17.9. The number of hydrogen-bond donors (Lipinski definition) is 0. The van der Waals surface area contributed by atoms with Crippen LogP contribution < -0.4 is 14.4 Å². The Kier molecular flexibility index (Phi) is 8.18. The first-order valence-corrected chi connectivity index (χ1v) is 23.0. The van der Waals surface area contributed by atoms with Gasteiger partial charge in [0.05, 0.1) is 33.1 Å². The van der Waals surface area contributed by atoms with Crippen LogP contribution in [-0.2, 0) is 0 Å². The molecule has 14 aromatic rings. The smallest absolute Gasteiger partial charge is 0.187 e. The predicted octanol–water partition coefficient (Wildman–Crippen LogP) is 18.3. The standard InChI is InChI=1S/C64H37N3O2/c1-65-39-18-22-41(23-19-39)67(42-24-20-40(66-2)21-25-42)54-35-34-51-58-49(54)12-7-13-50(58)61-56(37-14-26-43(68-3)27-15-37)63-52-32-30-47-45-10-5-8-36-9-6-11-46(55(36)45)48-31-33-53(60(52)59(47)48)64(63)57(62(51)61)38-16-28-44(69-4)29-17-38/h5-35H,3-4H3. The zero-order valence-electron chi connectivity index (χ0n) is 37.6. The van der Waals surface area contributed by atoms with Crippen LogP contribution in [0.5, 0.6) is 11.5 Å². The molecule has 0 atom stereocenters. The normalized spacial score (nSPS) is 11.9. The van der Waals surface area contributed by atoms with Gasteiger partial charge in [-0.25, -0.2) is 9.69 Å². The molecule has 0 unspecified atom stereocenters. The topological polar surface area (TPSA) is 30.4 Å². The molecule has 0 aliphatic rings. The molecule has 0 radical (unpaired) electrons. The Morgan fingerprint density at radius 1 is 0.333 bits per heavy atom. The van der Waals surface area contributed by atoms with Gasteiger partial charge in [-0.05, 0) is 168 Å². The molecule has 69 heavy (non-hydrogen) atoms. The van der Waals surface area contributed by atoms with E-state index < -0.39 is 0 Å². The number of hydrogen-bond acceptors (Lipinski definition) is 3. The number of rotatable bonds is 7. The first kappa shape index (κ1) is 38.8. The largest absolute Gasteiger partial charge is 0.497 e. The van der Waals surface area contributed by atoms with Crippen molar-refractivity contribution in [3.8, 4) is 33.8 Å². The lowest BCUT2D eigenvalue weighted by molar-refractivity contribution is 0.415. The van der Waals surface area contributed by atoms with Crippen molar-refractivity contribution in [3.63, 3.8) is 0 Å². The molecular weight excluding hydrogens is 843 g/mol. The second-order valence-electron chi connectivity index (χ2n) is 17.9. The number of benzene rings is 12. The summed E-state index contributed by atoms with van der Waals surface area (Å²) in [5.41, 5.74) is 8.60. The van der Waals surface area contributed by atoms with Gasteiger partial charge in [-0.15, -0.1) is 0 Å². The maximum Gasteiger partial charge on any atom is 0.187 e. The maximum absolute atomic E-state index is 7.69. The molecule has 0 heterocycles. The van der Waals surface area contributed by atoms with E-state index in [0.29, 0.717) is 11.4 Å². The molecule has 5 nitrogen and oxygen atoms in total. The van der Waals surface area contributed by atoms with Crippen LogP contribution >= 0.6 is 0 Å². The van der Waals surface area contributed by atoms with E-state index in [1.165, 1.54) is 103 Å². The molecule has 14 rings (SSSR count). The number of anilines is 3. The summed E-state index contributed by atoms with van der Waals surface area (Å²) in [6, 6.07) is 66.9. The maximum atomic E-state index is 7.69. The van der Waals surface area contributed by atoms with E-state index in [9.17, 15) is 0 Å². The highest BCUT2D eigenvalue weighted by atomic mass is 16.5. The van der Waals surface area contributed by atoms with Gasteiger partial charge >= 0.3 is 0 Å². The van der Waals surface area contributed by atoms with Crippen LogP contribution in [0.2, 0.25) is 0 Å². The summed E-state index contributed by atoms with van der Waals surface area (Å²) in [5.74, 6) is 1.61. The van der Waals surface area contributed by atoms with E-state index in [1.54, 1.807) is 14.2 Å². The molecule has 0 bridgehead atoms. The van der Waals surface area contributed by atoms with Crippen molar-refractivity contribution in [1.82, 2.24) is 0 Å². The number of methoxy groups -OCH3 is 2. The molecule has 0 saturated heterocycles. The zero-order chi connectivity index (χ0) is 46.1. The van der Waals surface area contributed by atoms with Crippen molar-refractivity contribution in [2.75, 3.05) is 19.1 Å².